The minimum absolute atomic E-state index is 0.121. The minimum atomic E-state index is -0.613. The molecule has 0 heterocycles. The highest BCUT2D eigenvalue weighted by atomic mass is 35.5. The molecule has 0 fully saturated rings. The van der Waals surface area contributed by atoms with Gasteiger partial charge in [-0.3, -0.25) is 9.59 Å². The first-order valence-corrected chi connectivity index (χ1v) is 10.2. The van der Waals surface area contributed by atoms with E-state index in [2.05, 4.69) is 5.32 Å². The fourth-order valence-corrected chi connectivity index (χ4v) is 3.14. The molecule has 0 spiro atoms. The summed E-state index contributed by atoms with van der Waals surface area (Å²) in [5.41, 5.74) is 1.63. The normalized spacial score (nSPS) is 11.8. The van der Waals surface area contributed by atoms with E-state index in [1.165, 1.54) is 0 Å². The lowest BCUT2D eigenvalue weighted by molar-refractivity contribution is -0.140. The molecule has 0 aliphatic carbocycles. The highest BCUT2D eigenvalue weighted by molar-refractivity contribution is 6.42. The molecule has 2 amide bonds. The zero-order chi connectivity index (χ0) is 20.7. The van der Waals surface area contributed by atoms with Crippen molar-refractivity contribution in [2.24, 2.45) is 0 Å². The van der Waals surface area contributed by atoms with Crippen molar-refractivity contribution in [3.8, 4) is 0 Å². The maximum absolute atomic E-state index is 13.0. The van der Waals surface area contributed by atoms with E-state index in [1.807, 2.05) is 19.1 Å². The summed E-state index contributed by atoms with van der Waals surface area (Å²) in [6, 6.07) is 11.7. The van der Waals surface area contributed by atoms with Crippen molar-refractivity contribution >= 4 is 46.6 Å². The van der Waals surface area contributed by atoms with Crippen molar-refractivity contribution in [3.05, 3.63) is 68.7 Å². The molecule has 150 valence electrons. The van der Waals surface area contributed by atoms with Crippen molar-refractivity contribution in [2.75, 3.05) is 6.54 Å². The number of carbonyl (C=O) groups excluding carboxylic acids is 2. The molecule has 2 aromatic rings. The lowest BCUT2D eigenvalue weighted by atomic mass is 10.1. The van der Waals surface area contributed by atoms with Gasteiger partial charge in [-0.1, -0.05) is 59.9 Å². The van der Waals surface area contributed by atoms with Crippen LogP contribution in [0.4, 0.5) is 0 Å². The van der Waals surface area contributed by atoms with Crippen LogP contribution in [0.25, 0.3) is 0 Å². The number of benzene rings is 2. The third kappa shape index (κ3) is 6.40. The van der Waals surface area contributed by atoms with Gasteiger partial charge < -0.3 is 10.2 Å². The Balaban J connectivity index is 2.21. The predicted molar refractivity (Wildman–Crippen MR) is 115 cm³/mol. The first kappa shape index (κ1) is 22.5. The molecule has 0 aromatic heterocycles. The first-order chi connectivity index (χ1) is 13.3. The van der Waals surface area contributed by atoms with Crippen LogP contribution in [0.5, 0.6) is 0 Å². The molecule has 28 heavy (non-hydrogen) atoms. The highest BCUT2D eigenvalue weighted by Crippen LogP contribution is 2.23. The Labute approximate surface area is 180 Å². The Morgan fingerprint density at radius 2 is 1.64 bits per heavy atom. The van der Waals surface area contributed by atoms with Gasteiger partial charge in [0.25, 0.3) is 0 Å². The van der Waals surface area contributed by atoms with Gasteiger partial charge in [-0.25, -0.2) is 0 Å². The molecule has 0 saturated carbocycles. The van der Waals surface area contributed by atoms with Crippen molar-refractivity contribution in [1.82, 2.24) is 10.2 Å². The van der Waals surface area contributed by atoms with Crippen LogP contribution in [0.3, 0.4) is 0 Å². The molecular formula is C21H23Cl3N2O2. The summed E-state index contributed by atoms with van der Waals surface area (Å²) >= 11 is 18.0. The van der Waals surface area contributed by atoms with Crippen LogP contribution in [0.15, 0.2) is 42.5 Å². The molecule has 4 nitrogen and oxygen atoms in total. The molecule has 1 atom stereocenters. The highest BCUT2D eigenvalue weighted by Gasteiger charge is 2.26. The van der Waals surface area contributed by atoms with Gasteiger partial charge in [-0.2, -0.15) is 0 Å². The Morgan fingerprint density at radius 1 is 1.00 bits per heavy atom. The van der Waals surface area contributed by atoms with Crippen molar-refractivity contribution in [1.29, 1.82) is 0 Å². The minimum Gasteiger partial charge on any atom is -0.354 e. The number of nitrogens with zero attached hydrogens (tertiary/aromatic N) is 1. The van der Waals surface area contributed by atoms with E-state index < -0.39 is 6.04 Å². The number of hydrogen-bond acceptors (Lipinski definition) is 2. The molecule has 1 unspecified atom stereocenters. The molecule has 2 aromatic carbocycles. The van der Waals surface area contributed by atoms with Gasteiger partial charge in [0.05, 0.1) is 16.5 Å². The topological polar surface area (TPSA) is 49.4 Å². The molecule has 1 N–H and O–H groups in total. The van der Waals surface area contributed by atoms with Gasteiger partial charge in [0.15, 0.2) is 0 Å². The monoisotopic (exact) mass is 440 g/mol. The quantitative estimate of drug-likeness (QED) is 0.617. The second-order valence-corrected chi connectivity index (χ2v) is 7.79. The van der Waals surface area contributed by atoms with Crippen molar-refractivity contribution < 1.29 is 9.59 Å². The van der Waals surface area contributed by atoms with E-state index in [-0.39, 0.29) is 18.2 Å². The van der Waals surface area contributed by atoms with E-state index >= 15 is 0 Å². The Morgan fingerprint density at radius 3 is 2.25 bits per heavy atom. The third-order valence-electron chi connectivity index (χ3n) is 4.32. The first-order valence-electron chi connectivity index (χ1n) is 9.07. The summed E-state index contributed by atoms with van der Waals surface area (Å²) in [5.74, 6) is -0.356. The Hall–Kier alpha value is -1.75. The number of rotatable bonds is 8. The van der Waals surface area contributed by atoms with Crippen LogP contribution in [0, 0.1) is 0 Å². The smallest absolute Gasteiger partial charge is 0.242 e. The van der Waals surface area contributed by atoms with E-state index in [9.17, 15) is 9.59 Å². The second kappa shape index (κ2) is 10.7. The van der Waals surface area contributed by atoms with Gasteiger partial charge >= 0.3 is 0 Å². The standard InChI is InChI=1S/C21H23Cl3N2O2/c1-3-10-25-21(28)14(2)26(13-15-4-7-17(22)8-5-15)20(27)12-16-6-9-18(23)19(24)11-16/h4-9,11,14H,3,10,12-13H2,1-2H3,(H,25,28). The van der Waals surface area contributed by atoms with Crippen molar-refractivity contribution in [3.63, 3.8) is 0 Å². The molecule has 0 saturated heterocycles. The summed E-state index contributed by atoms with van der Waals surface area (Å²) in [4.78, 5) is 27.1. The summed E-state index contributed by atoms with van der Waals surface area (Å²) in [5, 5.41) is 4.29. The summed E-state index contributed by atoms with van der Waals surface area (Å²) in [6.07, 6.45) is 0.947. The molecule has 0 bridgehead atoms. The lowest BCUT2D eigenvalue weighted by Crippen LogP contribution is -2.48. The number of nitrogens with one attached hydrogen (secondary N) is 1. The zero-order valence-electron chi connectivity index (χ0n) is 15.8. The molecule has 2 rings (SSSR count). The van der Waals surface area contributed by atoms with Gasteiger partial charge in [-0.15, -0.1) is 0 Å². The van der Waals surface area contributed by atoms with E-state index in [4.69, 9.17) is 34.8 Å². The van der Waals surface area contributed by atoms with Crippen LogP contribution in [-0.4, -0.2) is 29.3 Å². The number of carbonyl (C=O) groups is 2. The van der Waals surface area contributed by atoms with Crippen molar-refractivity contribution in [2.45, 2.75) is 39.3 Å². The lowest BCUT2D eigenvalue weighted by Gasteiger charge is -2.29. The SMILES string of the molecule is CCCNC(=O)C(C)N(Cc1ccc(Cl)cc1)C(=O)Cc1ccc(Cl)c(Cl)c1. The fraction of sp³-hybridized carbons (Fsp3) is 0.333. The summed E-state index contributed by atoms with van der Waals surface area (Å²) in [6.45, 7) is 4.58. The molecular weight excluding hydrogens is 419 g/mol. The molecule has 7 heteroatoms. The maximum Gasteiger partial charge on any atom is 0.242 e. The second-order valence-electron chi connectivity index (χ2n) is 6.54. The third-order valence-corrected chi connectivity index (χ3v) is 5.31. The van der Waals surface area contributed by atoms with E-state index in [0.717, 1.165) is 17.5 Å². The van der Waals surface area contributed by atoms with Gasteiger partial charge in [0, 0.05) is 18.1 Å². The average molecular weight is 442 g/mol. The zero-order valence-corrected chi connectivity index (χ0v) is 18.1. The average Bonchev–Trinajstić information content (AvgIpc) is 2.67. The Kier molecular flexibility index (Phi) is 8.61. The van der Waals surface area contributed by atoms with Gasteiger partial charge in [0.1, 0.15) is 6.04 Å². The van der Waals surface area contributed by atoms with Crippen LogP contribution in [0.2, 0.25) is 15.1 Å². The van der Waals surface area contributed by atoms with E-state index in [1.54, 1.807) is 42.2 Å². The summed E-state index contributed by atoms with van der Waals surface area (Å²) in [7, 11) is 0. The number of halogens is 3. The van der Waals surface area contributed by atoms with E-state index in [0.29, 0.717) is 28.2 Å². The van der Waals surface area contributed by atoms with Crippen LogP contribution >= 0.6 is 34.8 Å². The predicted octanol–water partition coefficient (Wildman–Crippen LogP) is 5.13. The summed E-state index contributed by atoms with van der Waals surface area (Å²) < 4.78 is 0. The molecule has 0 aliphatic heterocycles. The molecule has 0 radical (unpaired) electrons. The largest absolute Gasteiger partial charge is 0.354 e. The Bertz CT molecular complexity index is 825. The van der Waals surface area contributed by atoms with Gasteiger partial charge in [-0.05, 0) is 48.7 Å². The van der Waals surface area contributed by atoms with Crippen LogP contribution in [-0.2, 0) is 22.6 Å². The fourth-order valence-electron chi connectivity index (χ4n) is 2.69. The van der Waals surface area contributed by atoms with Crippen LogP contribution in [0.1, 0.15) is 31.4 Å². The number of amides is 2. The van der Waals surface area contributed by atoms with Crippen LogP contribution < -0.4 is 5.32 Å². The van der Waals surface area contributed by atoms with Gasteiger partial charge in [0.2, 0.25) is 11.8 Å². The molecule has 0 aliphatic rings. The maximum atomic E-state index is 13.0. The number of hydrogen-bond donors (Lipinski definition) is 1.